The summed E-state index contributed by atoms with van der Waals surface area (Å²) in [6, 6.07) is -0.951. The van der Waals surface area contributed by atoms with Gasteiger partial charge in [0, 0.05) is 32.3 Å². The molecule has 0 bridgehead atoms. The minimum absolute atomic E-state index is 0.00776. The van der Waals surface area contributed by atoms with Crippen LogP contribution in [0.5, 0.6) is 0 Å². The van der Waals surface area contributed by atoms with Crippen LogP contribution in [0.15, 0.2) is 4.99 Å². The summed E-state index contributed by atoms with van der Waals surface area (Å²) in [4.78, 5) is 57.9. The Hall–Kier alpha value is -2.93. The van der Waals surface area contributed by atoms with E-state index in [9.17, 15) is 19.2 Å². The van der Waals surface area contributed by atoms with Gasteiger partial charge in [0.05, 0.1) is 18.6 Å². The average Bonchev–Trinajstić information content (AvgIpc) is 2.85. The first-order chi connectivity index (χ1) is 20.2. The molecule has 0 spiro atoms. The lowest BCUT2D eigenvalue weighted by Gasteiger charge is -2.38. The Bertz CT molecular complexity index is 1020. The monoisotopic (exact) mass is 625 g/mol. The Balaban J connectivity index is 1.92. The van der Waals surface area contributed by atoms with Crippen molar-refractivity contribution in [3.8, 4) is 0 Å². The van der Waals surface area contributed by atoms with Gasteiger partial charge in [-0.25, -0.2) is 9.59 Å². The van der Waals surface area contributed by atoms with Crippen molar-refractivity contribution in [3.05, 3.63) is 0 Å². The zero-order valence-corrected chi connectivity index (χ0v) is 28.2. The number of rotatable bonds is 7. The first kappa shape index (κ1) is 37.3. The van der Waals surface area contributed by atoms with E-state index in [1.165, 1.54) is 0 Å². The van der Waals surface area contributed by atoms with Crippen molar-refractivity contribution >= 4 is 30.0 Å². The molecule has 2 aliphatic rings. The maximum Gasteiger partial charge on any atom is 0.437 e. The minimum atomic E-state index is -0.943. The highest BCUT2D eigenvalue weighted by Gasteiger charge is 2.33. The number of aliphatic imine (C=N–C) groups is 1. The number of nitrogens with two attached hydrogens (primary N) is 1. The number of likely N-dealkylation sites (tertiary alicyclic amines) is 2. The number of carbonyl (C=O) groups is 4. The van der Waals surface area contributed by atoms with E-state index in [0.29, 0.717) is 45.5 Å². The number of piperidine rings is 2. The maximum absolute atomic E-state index is 13.1. The van der Waals surface area contributed by atoms with Crippen LogP contribution < -0.4 is 11.1 Å². The number of ether oxygens (including phenoxy) is 4. The summed E-state index contributed by atoms with van der Waals surface area (Å²) in [6.45, 7) is 17.9. The maximum atomic E-state index is 13.1. The van der Waals surface area contributed by atoms with E-state index in [0.717, 1.165) is 19.3 Å². The second kappa shape index (κ2) is 15.9. The lowest BCUT2D eigenvalue weighted by atomic mass is 9.98. The normalized spacial score (nSPS) is 19.7. The molecule has 2 fully saturated rings. The van der Waals surface area contributed by atoms with Crippen LogP contribution >= 0.6 is 0 Å². The fraction of sp³-hybridized carbons (Fsp3) is 0.839. The third kappa shape index (κ3) is 14.2. The first-order valence-corrected chi connectivity index (χ1v) is 15.7. The Morgan fingerprint density at radius 3 is 2.00 bits per heavy atom. The minimum Gasteiger partial charge on any atom is -0.460 e. The lowest BCUT2D eigenvalue weighted by molar-refractivity contribution is -0.157. The van der Waals surface area contributed by atoms with Gasteiger partial charge in [-0.05, 0) is 101 Å². The molecule has 0 aliphatic carbocycles. The standard InChI is InChI=1S/C31H55N5O8/c1-29(2,3)42-24(37)20-23(32)25(38)36-16-11-10-12-21(36)15-19-41-22-13-17-35(18-14-22)26(33-27(39)43-30(4,5)6)34-28(40)44-31(7,8)9/h21-23H,10-20,32H2,1-9H3,(H,33,34,39,40)/t21-,23+/m1/s1. The topological polar surface area (TPSA) is 162 Å². The number of carbonyl (C=O) groups excluding carboxylic acids is 4. The predicted octanol–water partition coefficient (Wildman–Crippen LogP) is 4.11. The Morgan fingerprint density at radius 2 is 1.43 bits per heavy atom. The molecule has 0 aromatic carbocycles. The van der Waals surface area contributed by atoms with E-state index in [1.807, 2.05) is 0 Å². The molecule has 0 radical (unpaired) electrons. The van der Waals surface area contributed by atoms with Gasteiger partial charge in [-0.2, -0.15) is 0 Å². The van der Waals surface area contributed by atoms with E-state index < -0.39 is 41.0 Å². The molecule has 2 aliphatic heterocycles. The van der Waals surface area contributed by atoms with Crippen LogP contribution in [-0.4, -0.2) is 101 Å². The molecule has 44 heavy (non-hydrogen) atoms. The third-order valence-electron chi connectivity index (χ3n) is 6.78. The molecule has 0 unspecified atom stereocenters. The largest absolute Gasteiger partial charge is 0.460 e. The lowest BCUT2D eigenvalue weighted by Crippen LogP contribution is -2.52. The summed E-state index contributed by atoms with van der Waals surface area (Å²) >= 11 is 0. The van der Waals surface area contributed by atoms with Crippen LogP contribution in [0.4, 0.5) is 9.59 Å². The van der Waals surface area contributed by atoms with Crippen molar-refractivity contribution in [2.45, 2.75) is 142 Å². The predicted molar refractivity (Wildman–Crippen MR) is 166 cm³/mol. The van der Waals surface area contributed by atoms with Gasteiger partial charge in [0.1, 0.15) is 16.8 Å². The van der Waals surface area contributed by atoms with E-state index in [4.69, 9.17) is 24.7 Å². The fourth-order valence-electron chi connectivity index (χ4n) is 5.00. The highest BCUT2D eigenvalue weighted by molar-refractivity contribution is 5.99. The number of hydrogen-bond donors (Lipinski definition) is 2. The van der Waals surface area contributed by atoms with Gasteiger partial charge >= 0.3 is 18.2 Å². The molecule has 252 valence electrons. The summed E-state index contributed by atoms with van der Waals surface area (Å²) in [6.07, 6.45) is 3.02. The van der Waals surface area contributed by atoms with E-state index >= 15 is 0 Å². The van der Waals surface area contributed by atoms with Crippen molar-refractivity contribution in [2.24, 2.45) is 10.7 Å². The number of nitrogens with one attached hydrogen (secondary N) is 1. The molecule has 13 nitrogen and oxygen atoms in total. The Morgan fingerprint density at radius 1 is 0.841 bits per heavy atom. The molecule has 13 heteroatoms. The van der Waals surface area contributed by atoms with Crippen molar-refractivity contribution in [3.63, 3.8) is 0 Å². The van der Waals surface area contributed by atoms with Crippen LogP contribution in [0.25, 0.3) is 0 Å². The molecule has 3 amide bonds. The van der Waals surface area contributed by atoms with Gasteiger partial charge in [-0.15, -0.1) is 4.99 Å². The van der Waals surface area contributed by atoms with Gasteiger partial charge in [0.25, 0.3) is 0 Å². The molecule has 3 N–H and O–H groups in total. The van der Waals surface area contributed by atoms with Crippen molar-refractivity contribution in [1.29, 1.82) is 0 Å². The molecule has 2 heterocycles. The number of alkyl carbamates (subject to hydrolysis) is 1. The average molecular weight is 626 g/mol. The second-order valence-electron chi connectivity index (χ2n) is 14.5. The Labute approximate surface area is 262 Å². The van der Waals surface area contributed by atoms with Crippen LogP contribution in [0, 0.1) is 0 Å². The third-order valence-corrected chi connectivity index (χ3v) is 6.78. The number of amides is 3. The number of hydrogen-bond acceptors (Lipinski definition) is 9. The van der Waals surface area contributed by atoms with Crippen LogP contribution in [0.1, 0.15) is 107 Å². The van der Waals surface area contributed by atoms with Gasteiger partial charge in [-0.1, -0.05) is 0 Å². The zero-order valence-electron chi connectivity index (χ0n) is 28.2. The summed E-state index contributed by atoms with van der Waals surface area (Å²) in [7, 11) is 0. The summed E-state index contributed by atoms with van der Waals surface area (Å²) in [5, 5.41) is 2.60. The SMILES string of the molecule is CC(C)(C)OC(=O)C[C@H](N)C(=O)N1CCCC[C@@H]1CCOC1CCN(C(=NC(=O)OC(C)(C)C)NC(=O)OC(C)(C)C)CC1. The highest BCUT2D eigenvalue weighted by atomic mass is 16.6. The van der Waals surface area contributed by atoms with Gasteiger partial charge in [0.2, 0.25) is 11.9 Å². The van der Waals surface area contributed by atoms with Crippen molar-refractivity contribution in [1.82, 2.24) is 15.1 Å². The van der Waals surface area contributed by atoms with E-state index in [2.05, 4.69) is 10.3 Å². The van der Waals surface area contributed by atoms with Gasteiger partial charge < -0.3 is 34.5 Å². The van der Waals surface area contributed by atoms with Crippen LogP contribution in [0.3, 0.4) is 0 Å². The zero-order chi connectivity index (χ0) is 33.3. The molecule has 2 rings (SSSR count). The molecular weight excluding hydrogens is 570 g/mol. The smallest absolute Gasteiger partial charge is 0.437 e. The second-order valence-corrected chi connectivity index (χ2v) is 14.5. The van der Waals surface area contributed by atoms with Gasteiger partial charge in [0.15, 0.2) is 0 Å². The van der Waals surface area contributed by atoms with Crippen LogP contribution in [0.2, 0.25) is 0 Å². The van der Waals surface area contributed by atoms with Crippen molar-refractivity contribution < 1.29 is 38.1 Å². The summed E-state index contributed by atoms with van der Waals surface area (Å²) < 4.78 is 22.2. The summed E-state index contributed by atoms with van der Waals surface area (Å²) in [5.41, 5.74) is 4.04. The van der Waals surface area contributed by atoms with E-state index in [1.54, 1.807) is 72.1 Å². The van der Waals surface area contributed by atoms with Crippen molar-refractivity contribution in [2.75, 3.05) is 26.2 Å². The number of esters is 1. The molecule has 0 aromatic heterocycles. The molecule has 2 atom stereocenters. The number of guanidine groups is 1. The molecule has 0 aromatic rings. The molecular formula is C31H55N5O8. The molecule has 2 saturated heterocycles. The summed E-state index contributed by atoms with van der Waals surface area (Å²) in [5.74, 6) is -0.642. The fourth-order valence-corrected chi connectivity index (χ4v) is 5.00. The Kier molecular flexibility index (Phi) is 13.4. The first-order valence-electron chi connectivity index (χ1n) is 15.7. The van der Waals surface area contributed by atoms with Crippen LogP contribution in [-0.2, 0) is 28.5 Å². The number of nitrogens with zero attached hydrogens (tertiary/aromatic N) is 3. The van der Waals surface area contributed by atoms with Gasteiger partial charge in [-0.3, -0.25) is 14.9 Å². The quantitative estimate of drug-likeness (QED) is 0.182. The van der Waals surface area contributed by atoms with E-state index in [-0.39, 0.29) is 30.4 Å². The molecule has 0 saturated carbocycles. The highest BCUT2D eigenvalue weighted by Crippen LogP contribution is 2.23.